The van der Waals surface area contributed by atoms with Gasteiger partial charge in [-0.15, -0.1) is 0 Å². The largest absolute Gasteiger partial charge is 0.480 e. The quantitative estimate of drug-likeness (QED) is 0.356. The van der Waals surface area contributed by atoms with Crippen molar-refractivity contribution in [2.75, 3.05) is 13.7 Å². The molecule has 0 heterocycles. The Morgan fingerprint density at radius 3 is 2.33 bits per heavy atom. The van der Waals surface area contributed by atoms with Crippen LogP contribution in [0.1, 0.15) is 45.6 Å². The van der Waals surface area contributed by atoms with Crippen LogP contribution in [0.3, 0.4) is 0 Å². The highest BCUT2D eigenvalue weighted by Crippen LogP contribution is 2.14. The lowest BCUT2D eigenvalue weighted by atomic mass is 10.0. The molecule has 0 saturated carbocycles. The van der Waals surface area contributed by atoms with Gasteiger partial charge in [0, 0.05) is 13.5 Å². The van der Waals surface area contributed by atoms with Crippen LogP contribution in [-0.4, -0.2) is 58.8 Å². The Kier molecular flexibility index (Phi) is 10.4. The molecule has 1 unspecified atom stereocenters. The highest BCUT2D eigenvalue weighted by Gasteiger charge is 2.35. The number of rotatable bonds is 9. The molecule has 0 fully saturated rings. The Morgan fingerprint density at radius 2 is 1.80 bits per heavy atom. The highest BCUT2D eigenvalue weighted by molar-refractivity contribution is 5.94. The molecular formula is C21H31N3O6. The lowest BCUT2D eigenvalue weighted by Crippen LogP contribution is -2.53. The Balaban J connectivity index is 2.83. The summed E-state index contributed by atoms with van der Waals surface area (Å²) in [5, 5.41) is 18.1. The van der Waals surface area contributed by atoms with E-state index in [1.165, 1.54) is 7.05 Å². The van der Waals surface area contributed by atoms with E-state index >= 15 is 0 Å². The van der Waals surface area contributed by atoms with Gasteiger partial charge in [0.15, 0.2) is 0 Å². The van der Waals surface area contributed by atoms with E-state index in [0.29, 0.717) is 24.3 Å². The van der Waals surface area contributed by atoms with Crippen molar-refractivity contribution in [1.29, 1.82) is 5.41 Å². The summed E-state index contributed by atoms with van der Waals surface area (Å²) in [5.41, 5.74) is 1.07. The number of carbonyl (C=O) groups excluding carboxylic acids is 2. The minimum atomic E-state index is -1.16. The fraction of sp³-hybridized carbons (Fsp3) is 0.524. The first-order valence-electron chi connectivity index (χ1n) is 9.94. The summed E-state index contributed by atoms with van der Waals surface area (Å²) >= 11 is 0. The predicted octanol–water partition coefficient (Wildman–Crippen LogP) is 3.29. The topological polar surface area (TPSA) is 120 Å². The van der Waals surface area contributed by atoms with Crippen LogP contribution >= 0.6 is 0 Å². The van der Waals surface area contributed by atoms with Crippen LogP contribution in [0.4, 0.5) is 4.79 Å². The van der Waals surface area contributed by atoms with E-state index in [1.807, 2.05) is 30.3 Å². The van der Waals surface area contributed by atoms with Gasteiger partial charge < -0.3 is 19.6 Å². The zero-order chi connectivity index (χ0) is 22.7. The number of hydroxylamine groups is 2. The van der Waals surface area contributed by atoms with Gasteiger partial charge in [-0.05, 0) is 30.7 Å². The maximum absolute atomic E-state index is 12.4. The minimum Gasteiger partial charge on any atom is -0.480 e. The monoisotopic (exact) mass is 421 g/mol. The molecule has 30 heavy (non-hydrogen) atoms. The molecule has 0 aliphatic heterocycles. The molecule has 0 spiro atoms. The van der Waals surface area contributed by atoms with Gasteiger partial charge in [0.05, 0.1) is 6.61 Å². The number of guanidine groups is 1. The van der Waals surface area contributed by atoms with Gasteiger partial charge in [-0.1, -0.05) is 56.2 Å². The van der Waals surface area contributed by atoms with Crippen LogP contribution in [0.5, 0.6) is 0 Å². The van der Waals surface area contributed by atoms with Crippen LogP contribution in [0.15, 0.2) is 30.3 Å². The van der Waals surface area contributed by atoms with Crippen molar-refractivity contribution in [3.8, 4) is 0 Å². The Bertz CT molecular complexity index is 723. The number of hydrogen-bond donors (Lipinski definition) is 2. The van der Waals surface area contributed by atoms with Crippen LogP contribution in [0.2, 0.25) is 0 Å². The molecule has 0 aromatic heterocycles. The molecule has 2 N–H and O–H groups in total. The lowest BCUT2D eigenvalue weighted by molar-refractivity contribution is -0.170. The number of amides is 1. The summed E-state index contributed by atoms with van der Waals surface area (Å²) in [6.07, 6.45) is 0.668. The normalized spacial score (nSPS) is 11.5. The van der Waals surface area contributed by atoms with Crippen molar-refractivity contribution in [1.82, 2.24) is 9.96 Å². The predicted molar refractivity (Wildman–Crippen MR) is 111 cm³/mol. The molecule has 9 heteroatoms. The van der Waals surface area contributed by atoms with Crippen LogP contribution in [0.25, 0.3) is 0 Å². The number of aliphatic carboxylic acids is 1. The summed E-state index contributed by atoms with van der Waals surface area (Å²) in [4.78, 5) is 42.4. The third-order valence-electron chi connectivity index (χ3n) is 4.31. The van der Waals surface area contributed by atoms with Gasteiger partial charge in [0.1, 0.15) is 6.04 Å². The van der Waals surface area contributed by atoms with Crippen molar-refractivity contribution >= 4 is 24.0 Å². The number of benzene rings is 1. The first-order valence-corrected chi connectivity index (χ1v) is 9.94. The molecule has 1 aromatic rings. The maximum atomic E-state index is 12.4. The molecule has 1 aromatic carbocycles. The molecule has 166 valence electrons. The molecule has 0 aliphatic rings. The van der Waals surface area contributed by atoms with Crippen molar-refractivity contribution < 1.29 is 29.1 Å². The highest BCUT2D eigenvalue weighted by atomic mass is 16.8. The van der Waals surface area contributed by atoms with E-state index in [2.05, 4.69) is 0 Å². The number of carbonyl (C=O) groups is 3. The number of aryl methyl sites for hydroxylation is 1. The van der Waals surface area contributed by atoms with E-state index in [9.17, 15) is 19.5 Å². The third kappa shape index (κ3) is 7.73. The Labute approximate surface area is 177 Å². The SMILES string of the molecule is CCCOC(=O)N(OC(=O)CCCc1ccccc1)C(=N)N(C)C(C(=O)O)C(C)C. The van der Waals surface area contributed by atoms with Crippen molar-refractivity contribution in [2.24, 2.45) is 5.92 Å². The molecule has 1 atom stereocenters. The number of ether oxygens (including phenoxy) is 1. The molecular weight excluding hydrogens is 390 g/mol. The van der Waals surface area contributed by atoms with Gasteiger partial charge in [0.25, 0.3) is 0 Å². The zero-order valence-electron chi connectivity index (χ0n) is 18.0. The van der Waals surface area contributed by atoms with Crippen LogP contribution in [0, 0.1) is 11.3 Å². The number of carboxylic acid groups (broad SMARTS) is 1. The van der Waals surface area contributed by atoms with Gasteiger partial charge in [-0.2, -0.15) is 0 Å². The summed E-state index contributed by atoms with van der Waals surface area (Å²) in [5.74, 6) is -2.82. The van der Waals surface area contributed by atoms with Crippen molar-refractivity contribution in [3.05, 3.63) is 35.9 Å². The van der Waals surface area contributed by atoms with Gasteiger partial charge in [0.2, 0.25) is 5.96 Å². The first-order chi connectivity index (χ1) is 14.2. The van der Waals surface area contributed by atoms with Gasteiger partial charge >= 0.3 is 18.0 Å². The van der Waals surface area contributed by atoms with Crippen molar-refractivity contribution in [2.45, 2.75) is 52.5 Å². The Hall–Kier alpha value is -3.10. The van der Waals surface area contributed by atoms with E-state index in [1.54, 1.807) is 20.8 Å². The molecule has 1 rings (SSSR count). The lowest BCUT2D eigenvalue weighted by Gasteiger charge is -2.32. The molecule has 0 aliphatic carbocycles. The fourth-order valence-electron chi connectivity index (χ4n) is 2.82. The number of nitrogens with one attached hydrogen (secondary N) is 1. The number of hydrogen-bond acceptors (Lipinski definition) is 6. The molecule has 1 amide bonds. The fourth-order valence-corrected chi connectivity index (χ4v) is 2.82. The Morgan fingerprint density at radius 1 is 1.17 bits per heavy atom. The molecule has 0 saturated heterocycles. The average Bonchev–Trinajstić information content (AvgIpc) is 2.69. The van der Waals surface area contributed by atoms with Crippen LogP contribution < -0.4 is 0 Å². The average molecular weight is 421 g/mol. The summed E-state index contributed by atoms with van der Waals surface area (Å²) in [6, 6.07) is 8.52. The second-order valence-electron chi connectivity index (χ2n) is 7.17. The standard InChI is InChI=1S/C21H31N3O6/c1-5-14-29-21(28)24(20(22)23(4)18(15(2)3)19(26)27)30-17(25)13-9-12-16-10-7-6-8-11-16/h6-8,10-11,15,18,22H,5,9,12-14H2,1-4H3,(H,26,27). The number of carboxylic acids is 1. The second-order valence-corrected chi connectivity index (χ2v) is 7.17. The first kappa shape index (κ1) is 24.9. The number of nitrogens with zero attached hydrogens (tertiary/aromatic N) is 2. The summed E-state index contributed by atoms with van der Waals surface area (Å²) < 4.78 is 4.99. The molecule has 9 nitrogen and oxygen atoms in total. The minimum absolute atomic E-state index is 0.0238. The maximum Gasteiger partial charge on any atom is 0.451 e. The summed E-state index contributed by atoms with van der Waals surface area (Å²) in [6.45, 7) is 5.23. The van der Waals surface area contributed by atoms with E-state index < -0.39 is 30.0 Å². The summed E-state index contributed by atoms with van der Waals surface area (Å²) in [7, 11) is 1.35. The van der Waals surface area contributed by atoms with Crippen molar-refractivity contribution in [3.63, 3.8) is 0 Å². The van der Waals surface area contributed by atoms with E-state index in [0.717, 1.165) is 10.5 Å². The molecule has 0 bridgehead atoms. The number of likely N-dealkylation sites (N-methyl/N-ethyl adjacent to an activating group) is 1. The van der Waals surface area contributed by atoms with Gasteiger partial charge in [-0.3, -0.25) is 5.41 Å². The second kappa shape index (κ2) is 12.5. The van der Waals surface area contributed by atoms with Gasteiger partial charge in [-0.25, -0.2) is 14.4 Å². The molecule has 0 radical (unpaired) electrons. The van der Waals surface area contributed by atoms with E-state index in [-0.39, 0.29) is 18.9 Å². The van der Waals surface area contributed by atoms with E-state index in [4.69, 9.17) is 15.0 Å². The zero-order valence-corrected chi connectivity index (χ0v) is 18.0. The third-order valence-corrected chi connectivity index (χ3v) is 4.31. The smallest absolute Gasteiger partial charge is 0.451 e. The van der Waals surface area contributed by atoms with Crippen LogP contribution in [-0.2, 0) is 25.6 Å².